The second-order valence-corrected chi connectivity index (χ2v) is 3.36. The molecule has 0 atom stereocenters. The minimum Gasteiger partial charge on any atom is -0.364 e. The van der Waals surface area contributed by atoms with E-state index in [2.05, 4.69) is 15.4 Å². The van der Waals surface area contributed by atoms with Crippen LogP contribution in [0.4, 0.5) is 14.6 Å². The first-order valence-corrected chi connectivity index (χ1v) is 4.73. The number of rotatable bonds is 4. The van der Waals surface area contributed by atoms with Crippen LogP contribution in [0.2, 0.25) is 0 Å². The minimum atomic E-state index is -2.92. The molecule has 0 aliphatic rings. The van der Waals surface area contributed by atoms with Crippen LogP contribution in [-0.4, -0.2) is 33.6 Å². The van der Waals surface area contributed by atoms with Gasteiger partial charge in [0.2, 0.25) is 0 Å². The third kappa shape index (κ3) is 2.25. The highest BCUT2D eigenvalue weighted by Gasteiger charge is 2.26. The van der Waals surface area contributed by atoms with Gasteiger partial charge in [-0.2, -0.15) is 5.10 Å². The van der Waals surface area contributed by atoms with Crippen LogP contribution in [0.15, 0.2) is 24.5 Å². The Bertz CT molecular complexity index is 481. The van der Waals surface area contributed by atoms with Crippen LogP contribution in [0.1, 0.15) is 0 Å². The SMILES string of the molecule is NCC(F)(F)CNc1ccn2nccc2n1. The molecule has 0 aliphatic heterocycles. The van der Waals surface area contributed by atoms with Gasteiger partial charge >= 0.3 is 0 Å². The summed E-state index contributed by atoms with van der Waals surface area (Å²) in [5.41, 5.74) is 5.52. The van der Waals surface area contributed by atoms with Gasteiger partial charge in [-0.1, -0.05) is 0 Å². The second kappa shape index (κ2) is 4.01. The first-order valence-electron chi connectivity index (χ1n) is 4.73. The van der Waals surface area contributed by atoms with E-state index < -0.39 is 19.0 Å². The molecule has 3 N–H and O–H groups in total. The van der Waals surface area contributed by atoms with Gasteiger partial charge in [0.15, 0.2) is 5.65 Å². The summed E-state index contributed by atoms with van der Waals surface area (Å²) in [6.45, 7) is -1.21. The largest absolute Gasteiger partial charge is 0.364 e. The molecular weight excluding hydrogens is 216 g/mol. The Morgan fingerprint density at radius 2 is 2.25 bits per heavy atom. The van der Waals surface area contributed by atoms with E-state index >= 15 is 0 Å². The second-order valence-electron chi connectivity index (χ2n) is 3.36. The Morgan fingerprint density at radius 1 is 1.44 bits per heavy atom. The monoisotopic (exact) mass is 227 g/mol. The Morgan fingerprint density at radius 3 is 3.00 bits per heavy atom. The van der Waals surface area contributed by atoms with E-state index in [1.807, 2.05) is 0 Å². The standard InChI is InChI=1S/C9H11F2N5/c10-9(11,5-12)6-13-7-2-4-16-8(15-7)1-3-14-16/h1-4H,5-6,12H2,(H,13,15). The Kier molecular flexibility index (Phi) is 2.69. The third-order valence-corrected chi connectivity index (χ3v) is 2.08. The van der Waals surface area contributed by atoms with Crippen molar-refractivity contribution in [2.75, 3.05) is 18.4 Å². The average Bonchev–Trinajstić information content (AvgIpc) is 2.73. The number of nitrogens with two attached hydrogens (primary N) is 1. The zero-order valence-corrected chi connectivity index (χ0v) is 8.40. The smallest absolute Gasteiger partial charge is 0.276 e. The van der Waals surface area contributed by atoms with Crippen molar-refractivity contribution in [1.82, 2.24) is 14.6 Å². The molecule has 0 saturated carbocycles. The summed E-state index contributed by atoms with van der Waals surface area (Å²) in [4.78, 5) is 4.09. The van der Waals surface area contributed by atoms with Crippen LogP contribution in [0.5, 0.6) is 0 Å². The highest BCUT2D eigenvalue weighted by Crippen LogP contribution is 2.13. The van der Waals surface area contributed by atoms with Gasteiger partial charge in [0.25, 0.3) is 5.92 Å². The van der Waals surface area contributed by atoms with Crippen molar-refractivity contribution < 1.29 is 8.78 Å². The van der Waals surface area contributed by atoms with Gasteiger partial charge in [-0.25, -0.2) is 18.3 Å². The number of hydrogen-bond acceptors (Lipinski definition) is 4. The van der Waals surface area contributed by atoms with E-state index in [0.29, 0.717) is 11.5 Å². The fraction of sp³-hybridized carbons (Fsp3) is 0.333. The van der Waals surface area contributed by atoms with Crippen LogP contribution in [-0.2, 0) is 0 Å². The number of anilines is 1. The van der Waals surface area contributed by atoms with Gasteiger partial charge in [0, 0.05) is 12.3 Å². The molecule has 0 bridgehead atoms. The van der Waals surface area contributed by atoms with Gasteiger partial charge in [0.05, 0.1) is 19.3 Å². The van der Waals surface area contributed by atoms with Gasteiger partial charge in [-0.05, 0) is 6.07 Å². The van der Waals surface area contributed by atoms with E-state index in [4.69, 9.17) is 5.73 Å². The molecular formula is C9H11F2N5. The molecule has 0 saturated heterocycles. The summed E-state index contributed by atoms with van der Waals surface area (Å²) < 4.78 is 27.3. The zero-order chi connectivity index (χ0) is 11.6. The fourth-order valence-corrected chi connectivity index (χ4v) is 1.20. The lowest BCUT2D eigenvalue weighted by atomic mass is 10.3. The molecule has 2 aromatic rings. The van der Waals surface area contributed by atoms with Crippen molar-refractivity contribution >= 4 is 11.5 Å². The van der Waals surface area contributed by atoms with Crippen LogP contribution in [0, 0.1) is 0 Å². The summed E-state index contributed by atoms with van der Waals surface area (Å²) >= 11 is 0. The molecule has 2 rings (SSSR count). The quantitative estimate of drug-likeness (QED) is 0.808. The number of nitrogens with one attached hydrogen (secondary N) is 1. The molecule has 5 nitrogen and oxygen atoms in total. The van der Waals surface area contributed by atoms with Gasteiger partial charge in [-0.15, -0.1) is 0 Å². The molecule has 16 heavy (non-hydrogen) atoms. The Balaban J connectivity index is 2.09. The van der Waals surface area contributed by atoms with Gasteiger partial charge < -0.3 is 11.1 Å². The average molecular weight is 227 g/mol. The molecule has 0 aromatic carbocycles. The van der Waals surface area contributed by atoms with E-state index in [-0.39, 0.29) is 0 Å². The molecule has 2 heterocycles. The summed E-state index contributed by atoms with van der Waals surface area (Å²) in [6.07, 6.45) is 3.23. The third-order valence-electron chi connectivity index (χ3n) is 2.08. The van der Waals surface area contributed by atoms with Crippen LogP contribution < -0.4 is 11.1 Å². The number of aromatic nitrogens is 3. The summed E-state index contributed by atoms with van der Waals surface area (Å²) in [5.74, 6) is -2.55. The van der Waals surface area contributed by atoms with Crippen molar-refractivity contribution in [1.29, 1.82) is 0 Å². The Hall–Kier alpha value is -1.76. The van der Waals surface area contributed by atoms with Crippen molar-refractivity contribution in [3.63, 3.8) is 0 Å². The molecule has 0 aliphatic carbocycles. The molecule has 0 unspecified atom stereocenters. The summed E-state index contributed by atoms with van der Waals surface area (Å²) in [7, 11) is 0. The van der Waals surface area contributed by atoms with E-state index in [0.717, 1.165) is 0 Å². The number of nitrogens with zero attached hydrogens (tertiary/aromatic N) is 3. The molecule has 2 aromatic heterocycles. The van der Waals surface area contributed by atoms with Crippen molar-refractivity contribution in [3.8, 4) is 0 Å². The van der Waals surface area contributed by atoms with E-state index in [1.165, 1.54) is 0 Å². The van der Waals surface area contributed by atoms with Crippen molar-refractivity contribution in [3.05, 3.63) is 24.5 Å². The summed E-state index contributed by atoms with van der Waals surface area (Å²) in [6, 6.07) is 3.26. The van der Waals surface area contributed by atoms with Gasteiger partial charge in [0.1, 0.15) is 5.82 Å². The molecule has 0 spiro atoms. The van der Waals surface area contributed by atoms with Gasteiger partial charge in [-0.3, -0.25) is 0 Å². The van der Waals surface area contributed by atoms with Crippen molar-refractivity contribution in [2.45, 2.75) is 5.92 Å². The predicted octanol–water partition coefficient (Wildman–Crippen LogP) is 0.735. The first-order chi connectivity index (χ1) is 7.61. The highest BCUT2D eigenvalue weighted by atomic mass is 19.3. The van der Waals surface area contributed by atoms with Crippen LogP contribution in [0.3, 0.4) is 0 Å². The highest BCUT2D eigenvalue weighted by molar-refractivity contribution is 5.45. The van der Waals surface area contributed by atoms with Crippen molar-refractivity contribution in [2.24, 2.45) is 5.73 Å². The lowest BCUT2D eigenvalue weighted by Crippen LogP contribution is -2.35. The molecule has 86 valence electrons. The maximum absolute atomic E-state index is 12.9. The topological polar surface area (TPSA) is 68.2 Å². The maximum atomic E-state index is 12.9. The molecule has 0 fully saturated rings. The summed E-state index contributed by atoms with van der Waals surface area (Å²) in [5, 5.41) is 6.48. The van der Waals surface area contributed by atoms with E-state index in [1.54, 1.807) is 29.0 Å². The number of halogens is 2. The minimum absolute atomic E-state index is 0.376. The predicted molar refractivity (Wildman–Crippen MR) is 55.5 cm³/mol. The van der Waals surface area contributed by atoms with Crippen LogP contribution >= 0.6 is 0 Å². The Labute approximate surface area is 90.3 Å². The molecule has 0 radical (unpaired) electrons. The number of alkyl halides is 2. The lowest BCUT2D eigenvalue weighted by Gasteiger charge is -2.14. The molecule has 7 heteroatoms. The fourth-order valence-electron chi connectivity index (χ4n) is 1.20. The lowest BCUT2D eigenvalue weighted by molar-refractivity contribution is 0.0253. The zero-order valence-electron chi connectivity index (χ0n) is 8.40. The van der Waals surface area contributed by atoms with Crippen LogP contribution in [0.25, 0.3) is 5.65 Å². The molecule has 0 amide bonds. The number of fused-ring (bicyclic) bond motifs is 1. The normalized spacial score (nSPS) is 11.9. The van der Waals surface area contributed by atoms with E-state index in [9.17, 15) is 8.78 Å². The first kappa shape index (κ1) is 10.7. The number of hydrogen-bond donors (Lipinski definition) is 2. The maximum Gasteiger partial charge on any atom is 0.276 e.